The number of hydrogen-bond acceptors (Lipinski definition) is 3. The SMILES string of the molecule is CCc1ccc2oc(C(=O)N[C@H](C)C(=O)O)c(C)c2c1. The van der Waals surface area contributed by atoms with Crippen LogP contribution in [0.5, 0.6) is 0 Å². The summed E-state index contributed by atoms with van der Waals surface area (Å²) in [6.07, 6.45) is 0.901. The maximum Gasteiger partial charge on any atom is 0.325 e. The molecule has 20 heavy (non-hydrogen) atoms. The molecular formula is C15H17NO4. The third-order valence-corrected chi connectivity index (χ3v) is 3.33. The molecule has 2 aromatic rings. The monoisotopic (exact) mass is 275 g/mol. The number of carboxylic acid groups (broad SMARTS) is 1. The summed E-state index contributed by atoms with van der Waals surface area (Å²) in [7, 11) is 0. The lowest BCUT2D eigenvalue weighted by atomic mass is 10.1. The maximum absolute atomic E-state index is 12.0. The van der Waals surface area contributed by atoms with E-state index in [2.05, 4.69) is 12.2 Å². The van der Waals surface area contributed by atoms with Crippen LogP contribution < -0.4 is 5.32 Å². The highest BCUT2D eigenvalue weighted by molar-refractivity contribution is 6.00. The first kappa shape index (κ1) is 14.1. The Hall–Kier alpha value is -2.30. The van der Waals surface area contributed by atoms with E-state index in [1.165, 1.54) is 6.92 Å². The molecule has 0 unspecified atom stereocenters. The molecule has 1 aromatic heterocycles. The average molecular weight is 275 g/mol. The van der Waals surface area contributed by atoms with Gasteiger partial charge in [0.15, 0.2) is 5.76 Å². The van der Waals surface area contributed by atoms with Crippen LogP contribution in [0, 0.1) is 6.92 Å². The summed E-state index contributed by atoms with van der Waals surface area (Å²) in [5.74, 6) is -1.42. The van der Waals surface area contributed by atoms with Gasteiger partial charge in [0.2, 0.25) is 0 Å². The molecule has 0 bridgehead atoms. The number of aryl methyl sites for hydroxylation is 2. The number of nitrogens with one attached hydrogen (secondary N) is 1. The van der Waals surface area contributed by atoms with Crippen LogP contribution in [0.3, 0.4) is 0 Å². The van der Waals surface area contributed by atoms with Gasteiger partial charge in [-0.2, -0.15) is 0 Å². The van der Waals surface area contributed by atoms with Crippen LogP contribution in [0.25, 0.3) is 11.0 Å². The minimum Gasteiger partial charge on any atom is -0.480 e. The van der Waals surface area contributed by atoms with Gasteiger partial charge in [0, 0.05) is 10.9 Å². The number of amides is 1. The molecule has 1 atom stereocenters. The molecule has 0 saturated carbocycles. The number of fused-ring (bicyclic) bond motifs is 1. The number of carbonyl (C=O) groups excluding carboxylic acids is 1. The standard InChI is InChI=1S/C15H17NO4/c1-4-10-5-6-12-11(7-10)8(2)13(20-12)14(17)16-9(3)15(18)19/h5-7,9H,4H2,1-3H3,(H,16,17)(H,18,19)/t9-/m1/s1. The van der Waals surface area contributed by atoms with Crippen molar-refractivity contribution in [1.82, 2.24) is 5.32 Å². The van der Waals surface area contributed by atoms with E-state index in [1.807, 2.05) is 18.2 Å². The molecule has 0 saturated heterocycles. The Bertz CT molecular complexity index is 672. The Morgan fingerprint density at radius 3 is 2.70 bits per heavy atom. The number of hydrogen-bond donors (Lipinski definition) is 2. The lowest BCUT2D eigenvalue weighted by Gasteiger charge is -2.07. The molecule has 1 amide bonds. The lowest BCUT2D eigenvalue weighted by Crippen LogP contribution is -2.38. The average Bonchev–Trinajstić information content (AvgIpc) is 2.75. The van der Waals surface area contributed by atoms with Crippen molar-refractivity contribution in [2.75, 3.05) is 0 Å². The van der Waals surface area contributed by atoms with E-state index in [-0.39, 0.29) is 5.76 Å². The molecule has 0 radical (unpaired) electrons. The Balaban J connectivity index is 2.37. The second-order valence-electron chi connectivity index (χ2n) is 4.77. The third kappa shape index (κ3) is 2.52. The van der Waals surface area contributed by atoms with E-state index < -0.39 is 17.9 Å². The summed E-state index contributed by atoms with van der Waals surface area (Å²) in [5, 5.41) is 12.1. The van der Waals surface area contributed by atoms with Crippen molar-refractivity contribution in [3.63, 3.8) is 0 Å². The van der Waals surface area contributed by atoms with Gasteiger partial charge in [-0.05, 0) is 38.0 Å². The quantitative estimate of drug-likeness (QED) is 0.898. The van der Waals surface area contributed by atoms with Crippen molar-refractivity contribution in [3.8, 4) is 0 Å². The number of carbonyl (C=O) groups is 2. The normalized spacial score (nSPS) is 12.3. The van der Waals surface area contributed by atoms with E-state index in [4.69, 9.17) is 9.52 Å². The Morgan fingerprint density at radius 1 is 1.40 bits per heavy atom. The van der Waals surface area contributed by atoms with Crippen molar-refractivity contribution in [1.29, 1.82) is 0 Å². The van der Waals surface area contributed by atoms with E-state index in [9.17, 15) is 9.59 Å². The van der Waals surface area contributed by atoms with Gasteiger partial charge in [0.25, 0.3) is 5.91 Å². The van der Waals surface area contributed by atoms with Gasteiger partial charge in [0.05, 0.1) is 0 Å². The number of benzene rings is 1. The predicted molar refractivity (Wildman–Crippen MR) is 74.9 cm³/mol. The van der Waals surface area contributed by atoms with Crippen LogP contribution >= 0.6 is 0 Å². The van der Waals surface area contributed by atoms with Crippen LogP contribution in [0.2, 0.25) is 0 Å². The first-order valence-corrected chi connectivity index (χ1v) is 6.49. The molecule has 5 nitrogen and oxygen atoms in total. The molecule has 2 N–H and O–H groups in total. The maximum atomic E-state index is 12.0. The van der Waals surface area contributed by atoms with Crippen LogP contribution in [-0.2, 0) is 11.2 Å². The minimum absolute atomic E-state index is 0.168. The summed E-state index contributed by atoms with van der Waals surface area (Å²) in [6.45, 7) is 5.26. The van der Waals surface area contributed by atoms with Crippen LogP contribution in [0.4, 0.5) is 0 Å². The Labute approximate surface area is 116 Å². The Kier molecular flexibility index (Phi) is 3.79. The molecule has 5 heteroatoms. The zero-order valence-corrected chi connectivity index (χ0v) is 11.7. The second kappa shape index (κ2) is 5.36. The first-order chi connectivity index (χ1) is 9.43. The molecule has 0 fully saturated rings. The van der Waals surface area contributed by atoms with Gasteiger partial charge in [-0.1, -0.05) is 13.0 Å². The topological polar surface area (TPSA) is 79.5 Å². The van der Waals surface area contributed by atoms with Gasteiger partial charge in [-0.15, -0.1) is 0 Å². The molecule has 0 aliphatic heterocycles. The highest BCUT2D eigenvalue weighted by Gasteiger charge is 2.21. The molecular weight excluding hydrogens is 258 g/mol. The fraction of sp³-hybridized carbons (Fsp3) is 0.333. The minimum atomic E-state index is -1.08. The zero-order valence-electron chi connectivity index (χ0n) is 11.7. The van der Waals surface area contributed by atoms with Crippen molar-refractivity contribution in [2.45, 2.75) is 33.2 Å². The Morgan fingerprint density at radius 2 is 2.10 bits per heavy atom. The largest absolute Gasteiger partial charge is 0.480 e. The van der Waals surface area contributed by atoms with Crippen molar-refractivity contribution in [2.24, 2.45) is 0 Å². The fourth-order valence-electron chi connectivity index (χ4n) is 2.03. The summed E-state index contributed by atoms with van der Waals surface area (Å²) in [6, 6.07) is 4.82. The van der Waals surface area contributed by atoms with Crippen molar-refractivity contribution >= 4 is 22.8 Å². The van der Waals surface area contributed by atoms with Crippen LogP contribution in [-0.4, -0.2) is 23.0 Å². The van der Waals surface area contributed by atoms with E-state index in [0.29, 0.717) is 5.58 Å². The third-order valence-electron chi connectivity index (χ3n) is 3.33. The molecule has 2 rings (SSSR count). The van der Waals surface area contributed by atoms with E-state index >= 15 is 0 Å². The van der Waals surface area contributed by atoms with Crippen molar-refractivity contribution in [3.05, 3.63) is 35.1 Å². The van der Waals surface area contributed by atoms with E-state index in [1.54, 1.807) is 6.92 Å². The van der Waals surface area contributed by atoms with Crippen LogP contribution in [0.1, 0.15) is 35.5 Å². The fourth-order valence-corrected chi connectivity index (χ4v) is 2.03. The summed E-state index contributed by atoms with van der Waals surface area (Å²) >= 11 is 0. The molecule has 1 heterocycles. The number of aliphatic carboxylic acids is 1. The van der Waals surface area contributed by atoms with Crippen molar-refractivity contribution < 1.29 is 19.1 Å². The van der Waals surface area contributed by atoms with Gasteiger partial charge >= 0.3 is 5.97 Å². The lowest BCUT2D eigenvalue weighted by molar-refractivity contribution is -0.138. The highest BCUT2D eigenvalue weighted by atomic mass is 16.4. The first-order valence-electron chi connectivity index (χ1n) is 6.49. The summed E-state index contributed by atoms with van der Waals surface area (Å²) < 4.78 is 5.54. The van der Waals surface area contributed by atoms with Gasteiger partial charge < -0.3 is 14.8 Å². The number of carboxylic acids is 1. The number of rotatable bonds is 4. The molecule has 0 aliphatic carbocycles. The molecule has 0 aliphatic rings. The predicted octanol–water partition coefficient (Wildman–Crippen LogP) is 2.51. The highest BCUT2D eigenvalue weighted by Crippen LogP contribution is 2.26. The molecule has 0 spiro atoms. The summed E-state index contributed by atoms with van der Waals surface area (Å²) in [4.78, 5) is 22.8. The molecule has 106 valence electrons. The summed E-state index contributed by atoms with van der Waals surface area (Å²) in [5.41, 5.74) is 2.52. The second-order valence-corrected chi connectivity index (χ2v) is 4.77. The van der Waals surface area contributed by atoms with E-state index in [0.717, 1.165) is 22.9 Å². The van der Waals surface area contributed by atoms with Gasteiger partial charge in [0.1, 0.15) is 11.6 Å². The number of furan rings is 1. The van der Waals surface area contributed by atoms with Crippen LogP contribution in [0.15, 0.2) is 22.6 Å². The van der Waals surface area contributed by atoms with Gasteiger partial charge in [-0.25, -0.2) is 0 Å². The molecule has 1 aromatic carbocycles. The van der Waals surface area contributed by atoms with Gasteiger partial charge in [-0.3, -0.25) is 9.59 Å². The zero-order chi connectivity index (χ0) is 14.9. The smallest absolute Gasteiger partial charge is 0.325 e.